The quantitative estimate of drug-likeness (QED) is 0.0245. The number of phenols is 2. The van der Waals surface area contributed by atoms with Crippen LogP contribution in [0.25, 0.3) is 0 Å². The van der Waals surface area contributed by atoms with E-state index in [1.165, 1.54) is 24.3 Å². The molecule has 4 aromatic rings. The van der Waals surface area contributed by atoms with E-state index in [1.54, 1.807) is 26.0 Å². The van der Waals surface area contributed by atoms with Crippen molar-refractivity contribution < 1.29 is 118 Å². The number of aryl methyl sites for hydroxylation is 2. The molecule has 0 bridgehead atoms. The maximum Gasteiger partial charge on any atom is 0.323 e. The maximum absolute atomic E-state index is 14.2. The Morgan fingerprint density at radius 3 is 0.846 bits per heavy atom. The smallest absolute Gasteiger partial charge is 0.323 e. The molecule has 0 aromatic heterocycles. The third kappa shape index (κ3) is 15.5. The van der Waals surface area contributed by atoms with Crippen LogP contribution in [-0.2, 0) is 47.9 Å². The molecule has 0 amide bonds. The Morgan fingerprint density at radius 2 is 0.603 bits per heavy atom. The Morgan fingerprint density at radius 1 is 0.372 bits per heavy atom. The minimum absolute atomic E-state index is 0.0225. The fraction of sp³-hybridized carbons (Fsp3) is 0.320. The van der Waals surface area contributed by atoms with Gasteiger partial charge in [0.2, 0.25) is 0 Å². The predicted octanol–water partition coefficient (Wildman–Crippen LogP) is 1.55. The molecule has 0 saturated heterocycles. The van der Waals surface area contributed by atoms with Gasteiger partial charge in [0.05, 0.1) is 22.7 Å². The number of hydrogen-bond acceptors (Lipinski definition) is 20. The van der Waals surface area contributed by atoms with Crippen LogP contribution in [0.2, 0.25) is 0 Å². The Hall–Kier alpha value is -10.0. The molecule has 28 nitrogen and oxygen atoms in total. The van der Waals surface area contributed by atoms with Gasteiger partial charge in [0.1, 0.15) is 125 Å². The summed E-state index contributed by atoms with van der Waals surface area (Å²) in [6.45, 7) is -5.19. The minimum Gasteiger partial charge on any atom is -0.508 e. The molecular weight excluding hydrogens is 1040 g/mol. The number of Topliss-reactive ketones (excluding diaryl/α,β-unsaturated/α-hetero) is 2. The normalized spacial score (nSPS) is 13.6. The van der Waals surface area contributed by atoms with Gasteiger partial charge in [0.15, 0.2) is 11.6 Å². The van der Waals surface area contributed by atoms with Gasteiger partial charge in [-0.15, -0.1) is 0 Å². The molecule has 1 saturated carbocycles. The second kappa shape index (κ2) is 26.0. The number of hydrogen-bond donors (Lipinski definition) is 10. The number of phenolic OH excluding ortho intramolecular Hbond substituents is 2. The highest BCUT2D eigenvalue weighted by Crippen LogP contribution is 2.50. The van der Waals surface area contributed by atoms with Crippen molar-refractivity contribution in [3.8, 4) is 34.5 Å². The lowest BCUT2D eigenvalue weighted by Crippen LogP contribution is -2.44. The highest BCUT2D eigenvalue weighted by Gasteiger charge is 2.53. The molecule has 10 N–H and O–H groups in total. The van der Waals surface area contributed by atoms with Crippen molar-refractivity contribution in [2.45, 2.75) is 25.7 Å². The number of aliphatic carboxylic acids is 8. The fourth-order valence-electron chi connectivity index (χ4n) is 8.28. The molecule has 1 aliphatic carbocycles. The van der Waals surface area contributed by atoms with Crippen molar-refractivity contribution in [3.05, 3.63) is 82.9 Å². The number of ketones is 2. The number of carbonyl (C=O) groups is 10. The van der Waals surface area contributed by atoms with E-state index in [9.17, 15) is 99.0 Å². The van der Waals surface area contributed by atoms with E-state index >= 15 is 0 Å². The van der Waals surface area contributed by atoms with Gasteiger partial charge in [-0.2, -0.15) is 0 Å². The van der Waals surface area contributed by atoms with E-state index in [0.717, 1.165) is 43.9 Å². The van der Waals surface area contributed by atoms with Crippen LogP contribution in [0.1, 0.15) is 34.1 Å². The SMILES string of the molecule is Cc1ccc(N(CC(=O)O)CC(=O)O)c(OCCOc2cc(C3C(=O)C(c4cc(OCCOc5cc(C)ccc5N(CC(=O)O)CC(=O)O)c(N(CC(=O)O)CC(=O)O)cc4O)C3=O)c(O)cc2N(CC(=O)O)CC(=O)O)c1. The molecule has 5 rings (SSSR count). The molecule has 416 valence electrons. The molecule has 0 aliphatic heterocycles. The molecule has 0 heterocycles. The number of aromatic hydroxyl groups is 2. The van der Waals surface area contributed by atoms with E-state index in [-0.39, 0.29) is 45.7 Å². The van der Waals surface area contributed by atoms with Gasteiger partial charge in [0.25, 0.3) is 0 Å². The Balaban J connectivity index is 1.48. The van der Waals surface area contributed by atoms with Crippen LogP contribution in [0, 0.1) is 13.8 Å². The summed E-state index contributed by atoms with van der Waals surface area (Å²) in [5, 5.41) is 99.2. The highest BCUT2D eigenvalue weighted by molar-refractivity contribution is 6.31. The lowest BCUT2D eigenvalue weighted by molar-refractivity contribution is -0.143. The zero-order valence-corrected chi connectivity index (χ0v) is 41.4. The summed E-state index contributed by atoms with van der Waals surface area (Å²) in [4.78, 5) is 126. The lowest BCUT2D eigenvalue weighted by Gasteiger charge is -2.34. The third-order valence-corrected chi connectivity index (χ3v) is 11.4. The van der Waals surface area contributed by atoms with E-state index < -0.39 is 173 Å². The van der Waals surface area contributed by atoms with Crippen molar-refractivity contribution >= 4 is 82.1 Å². The first kappa shape index (κ1) is 58.9. The molecule has 78 heavy (non-hydrogen) atoms. The summed E-state index contributed by atoms with van der Waals surface area (Å²) in [6.07, 6.45) is 0. The topological polar surface area (TPSA) is 423 Å². The van der Waals surface area contributed by atoms with Crippen molar-refractivity contribution in [2.75, 3.05) is 98.4 Å². The van der Waals surface area contributed by atoms with Gasteiger partial charge in [-0.25, -0.2) is 0 Å². The summed E-state index contributed by atoms with van der Waals surface area (Å²) in [5.41, 5.74) is -0.154. The molecule has 0 atom stereocenters. The number of nitrogens with zero attached hydrogens (tertiary/aromatic N) is 4. The molecule has 28 heteroatoms. The van der Waals surface area contributed by atoms with Crippen molar-refractivity contribution in [3.63, 3.8) is 0 Å². The molecule has 0 unspecified atom stereocenters. The molecule has 1 fully saturated rings. The van der Waals surface area contributed by atoms with Crippen molar-refractivity contribution in [1.82, 2.24) is 0 Å². The largest absolute Gasteiger partial charge is 0.508 e. The summed E-state index contributed by atoms with van der Waals surface area (Å²) >= 11 is 0. The fourth-order valence-corrected chi connectivity index (χ4v) is 8.28. The number of carboxylic acid groups (broad SMARTS) is 8. The number of ether oxygens (including phenoxy) is 4. The highest BCUT2D eigenvalue weighted by atomic mass is 16.5. The summed E-state index contributed by atoms with van der Waals surface area (Å²) in [6, 6.07) is 12.6. The lowest BCUT2D eigenvalue weighted by atomic mass is 9.65. The zero-order chi connectivity index (χ0) is 57.7. The second-order valence-electron chi connectivity index (χ2n) is 17.3. The van der Waals surface area contributed by atoms with E-state index in [4.69, 9.17) is 18.9 Å². The molecule has 0 spiro atoms. The van der Waals surface area contributed by atoms with Gasteiger partial charge in [-0.1, -0.05) is 12.1 Å². The van der Waals surface area contributed by atoms with Gasteiger partial charge in [0, 0.05) is 23.3 Å². The average Bonchev–Trinajstić information content (AvgIpc) is 3.52. The van der Waals surface area contributed by atoms with E-state index in [0.29, 0.717) is 11.1 Å². The van der Waals surface area contributed by atoms with Gasteiger partial charge >= 0.3 is 47.8 Å². The molecular formula is C50H52N4O24. The molecule has 4 aromatic carbocycles. The van der Waals surface area contributed by atoms with Crippen LogP contribution in [0.15, 0.2) is 60.7 Å². The zero-order valence-electron chi connectivity index (χ0n) is 41.4. The van der Waals surface area contributed by atoms with Crippen molar-refractivity contribution in [1.29, 1.82) is 0 Å². The number of rotatable bonds is 32. The maximum atomic E-state index is 14.2. The van der Waals surface area contributed by atoms with Crippen LogP contribution < -0.4 is 38.5 Å². The first-order valence-corrected chi connectivity index (χ1v) is 23.0. The van der Waals surface area contributed by atoms with Crippen LogP contribution >= 0.6 is 0 Å². The Bertz CT molecular complexity index is 2740. The minimum atomic E-state index is -1.82. The Kier molecular flexibility index (Phi) is 19.6. The van der Waals surface area contributed by atoms with Gasteiger partial charge in [-0.3, -0.25) is 47.9 Å². The van der Waals surface area contributed by atoms with Gasteiger partial charge < -0.3 is 89.6 Å². The van der Waals surface area contributed by atoms with Crippen LogP contribution in [0.4, 0.5) is 22.7 Å². The van der Waals surface area contributed by atoms with E-state index in [1.807, 2.05) is 0 Å². The Labute approximate surface area is 440 Å². The van der Waals surface area contributed by atoms with Crippen molar-refractivity contribution in [2.24, 2.45) is 0 Å². The number of carbonyl (C=O) groups excluding carboxylic acids is 2. The summed E-state index contributed by atoms with van der Waals surface area (Å²) in [5.74, 6) is -19.4. The second-order valence-corrected chi connectivity index (χ2v) is 17.3. The van der Waals surface area contributed by atoms with E-state index in [2.05, 4.69) is 0 Å². The predicted molar refractivity (Wildman–Crippen MR) is 266 cm³/mol. The average molecular weight is 1090 g/mol. The summed E-state index contributed by atoms with van der Waals surface area (Å²) < 4.78 is 23.6. The monoisotopic (exact) mass is 1090 g/mol. The first-order valence-electron chi connectivity index (χ1n) is 23.0. The first-order chi connectivity index (χ1) is 36.7. The van der Waals surface area contributed by atoms with Crippen LogP contribution in [0.3, 0.4) is 0 Å². The third-order valence-electron chi connectivity index (χ3n) is 11.4. The molecule has 0 radical (unpaired) electrons. The summed E-state index contributed by atoms with van der Waals surface area (Å²) in [7, 11) is 0. The van der Waals surface area contributed by atoms with Crippen LogP contribution in [0.5, 0.6) is 34.5 Å². The standard InChI is InChI=1S/C50H52N4O24/c1-25-3-5-29(51(17-39(57)58)18-40(59)60)35(11-25)75-7-9-77-37-13-27(33(55)15-31(37)53(21-43(65)66)22-44(67)68)47-49(73)48(50(47)74)28-14-38(32(16-34(28)56)54(23-45(69)70)24-46(71)72)78-10-8-76-36-12-26(2)4-6-30(36)52(19-41(61)62)20-42(63)64/h3-6,11-16,47-48,55-56H,7-10,17-24H2,1-2H3,(H,57,58)(H,59,60)(H,61,62)(H,63,64)(H,65,66)(H,67,68)(H,69,70)(H,71,72). The van der Waals surface area contributed by atoms with Gasteiger partial charge in [-0.05, 0) is 61.4 Å². The number of benzene rings is 4. The number of carboxylic acids is 8. The molecule has 1 aliphatic rings. The van der Waals surface area contributed by atoms with Crippen LogP contribution in [-0.4, -0.2) is 189 Å². The number of anilines is 4.